The minimum atomic E-state index is -0.311. The zero-order valence-electron chi connectivity index (χ0n) is 15.4. The Labute approximate surface area is 167 Å². The molecule has 0 spiro atoms. The van der Waals surface area contributed by atoms with Crippen molar-refractivity contribution >= 4 is 28.2 Å². The normalized spacial score (nSPS) is 12.1. The van der Waals surface area contributed by atoms with Gasteiger partial charge in [0, 0.05) is 35.1 Å². The van der Waals surface area contributed by atoms with Crippen molar-refractivity contribution in [3.8, 4) is 11.1 Å². The van der Waals surface area contributed by atoms with Gasteiger partial charge in [0.25, 0.3) is 0 Å². The third-order valence-electron chi connectivity index (χ3n) is 4.67. The lowest BCUT2D eigenvalue weighted by Crippen LogP contribution is -2.10. The van der Waals surface area contributed by atoms with Crippen LogP contribution in [0.25, 0.3) is 22.0 Å². The molecule has 0 saturated carbocycles. The van der Waals surface area contributed by atoms with E-state index in [2.05, 4.69) is 20.3 Å². The van der Waals surface area contributed by atoms with Crippen LogP contribution in [-0.4, -0.2) is 15.0 Å². The lowest BCUT2D eigenvalue weighted by molar-refractivity contribution is 0.600. The molecule has 0 fully saturated rings. The van der Waals surface area contributed by atoms with Gasteiger partial charge in [0.05, 0.1) is 22.3 Å². The van der Waals surface area contributed by atoms with Gasteiger partial charge >= 0.3 is 0 Å². The molecule has 0 unspecified atom stereocenters. The molecule has 4 aromatic rings. The van der Waals surface area contributed by atoms with Crippen molar-refractivity contribution in [2.45, 2.75) is 19.9 Å². The Bertz CT molecular complexity index is 1150. The average Bonchev–Trinajstić information content (AvgIpc) is 2.71. The Morgan fingerprint density at radius 1 is 0.964 bits per heavy atom. The van der Waals surface area contributed by atoms with E-state index in [1.165, 1.54) is 6.07 Å². The molecule has 2 heterocycles. The summed E-state index contributed by atoms with van der Waals surface area (Å²) in [6.45, 7) is 3.73. The van der Waals surface area contributed by atoms with Gasteiger partial charge in [-0.3, -0.25) is 4.98 Å². The van der Waals surface area contributed by atoms with Gasteiger partial charge in [0.15, 0.2) is 0 Å². The van der Waals surface area contributed by atoms with E-state index in [1.807, 2.05) is 44.2 Å². The number of aromatic nitrogens is 3. The highest BCUT2D eigenvalue weighted by Gasteiger charge is 2.16. The third kappa shape index (κ3) is 3.53. The van der Waals surface area contributed by atoms with Crippen molar-refractivity contribution in [1.29, 1.82) is 0 Å². The summed E-state index contributed by atoms with van der Waals surface area (Å²) in [6, 6.07) is 12.4. The van der Waals surface area contributed by atoms with E-state index >= 15 is 0 Å². The fourth-order valence-corrected chi connectivity index (χ4v) is 3.36. The molecule has 0 amide bonds. The van der Waals surface area contributed by atoms with Gasteiger partial charge in [-0.2, -0.15) is 0 Å². The molecule has 1 atom stereocenters. The number of benzene rings is 2. The summed E-state index contributed by atoms with van der Waals surface area (Å²) in [7, 11) is 0. The first-order valence-electron chi connectivity index (χ1n) is 8.91. The van der Waals surface area contributed by atoms with Crippen molar-refractivity contribution in [3.05, 3.63) is 83.3 Å². The number of hydrogen-bond donors (Lipinski definition) is 1. The molecule has 4 nitrogen and oxygen atoms in total. The van der Waals surface area contributed by atoms with E-state index in [0.717, 1.165) is 27.7 Å². The molecule has 28 heavy (non-hydrogen) atoms. The number of rotatable bonds is 4. The fraction of sp³-hybridized carbons (Fsp3) is 0.136. The summed E-state index contributed by atoms with van der Waals surface area (Å²) in [5, 5.41) is 4.74. The van der Waals surface area contributed by atoms with E-state index < -0.39 is 0 Å². The maximum absolute atomic E-state index is 14.6. The Morgan fingerprint density at radius 2 is 1.71 bits per heavy atom. The van der Waals surface area contributed by atoms with Gasteiger partial charge < -0.3 is 5.32 Å². The first-order chi connectivity index (χ1) is 13.5. The molecule has 1 N–H and O–H groups in total. The number of para-hydroxylation sites is 1. The Kier molecular flexibility index (Phi) is 4.92. The molecular weight excluding hydrogens is 375 g/mol. The lowest BCUT2D eigenvalue weighted by atomic mass is 10.0. The van der Waals surface area contributed by atoms with E-state index in [1.54, 1.807) is 24.7 Å². The summed E-state index contributed by atoms with van der Waals surface area (Å²) in [5.74, 6) is 0.409. The van der Waals surface area contributed by atoms with Crippen molar-refractivity contribution in [2.24, 2.45) is 0 Å². The summed E-state index contributed by atoms with van der Waals surface area (Å²) in [4.78, 5) is 12.8. The molecule has 0 aliphatic carbocycles. The van der Waals surface area contributed by atoms with E-state index in [4.69, 9.17) is 11.6 Å². The zero-order chi connectivity index (χ0) is 19.7. The van der Waals surface area contributed by atoms with Crippen LogP contribution in [0, 0.1) is 12.7 Å². The predicted molar refractivity (Wildman–Crippen MR) is 111 cm³/mol. The highest BCUT2D eigenvalue weighted by Crippen LogP contribution is 2.34. The van der Waals surface area contributed by atoms with Crippen molar-refractivity contribution in [1.82, 2.24) is 15.0 Å². The van der Waals surface area contributed by atoms with Crippen LogP contribution in [0.15, 0.2) is 61.1 Å². The lowest BCUT2D eigenvalue weighted by Gasteiger charge is -2.19. The number of nitrogens with zero attached hydrogens (tertiary/aromatic N) is 3. The molecule has 140 valence electrons. The minimum absolute atomic E-state index is 0.286. The van der Waals surface area contributed by atoms with Gasteiger partial charge in [-0.15, -0.1) is 0 Å². The Morgan fingerprint density at radius 3 is 2.50 bits per heavy atom. The molecule has 6 heteroatoms. The largest absolute Gasteiger partial charge is 0.377 e. The molecule has 2 aromatic heterocycles. The van der Waals surface area contributed by atoms with E-state index in [-0.39, 0.29) is 11.9 Å². The summed E-state index contributed by atoms with van der Waals surface area (Å²) < 4.78 is 14.6. The van der Waals surface area contributed by atoms with E-state index in [9.17, 15) is 4.39 Å². The van der Waals surface area contributed by atoms with Gasteiger partial charge in [-0.1, -0.05) is 35.9 Å². The number of anilines is 1. The highest BCUT2D eigenvalue weighted by atomic mass is 35.5. The van der Waals surface area contributed by atoms with Crippen LogP contribution in [0.2, 0.25) is 5.02 Å². The molecule has 0 saturated heterocycles. The topological polar surface area (TPSA) is 50.7 Å². The number of halogens is 2. The zero-order valence-corrected chi connectivity index (χ0v) is 16.2. The van der Waals surface area contributed by atoms with Crippen LogP contribution in [0.3, 0.4) is 0 Å². The standard InChI is InChI=1S/C22H18ClFN4/c1-13(28-22-17-5-3-4-6-21(17)27-12-19(22)23)18-9-15(7-8-20(18)24)16-10-25-14(2)26-11-16/h3-13H,1-2H3,(H,27,28)/t13-/m1/s1. The van der Waals surface area contributed by atoms with Crippen LogP contribution < -0.4 is 5.32 Å². The van der Waals surface area contributed by atoms with Crippen LogP contribution in [0.4, 0.5) is 10.1 Å². The van der Waals surface area contributed by atoms with Gasteiger partial charge in [-0.25, -0.2) is 14.4 Å². The first kappa shape index (κ1) is 18.3. The summed E-state index contributed by atoms with van der Waals surface area (Å²) in [6.07, 6.45) is 5.09. The molecule has 4 rings (SSSR count). The van der Waals surface area contributed by atoms with Crippen LogP contribution in [0.1, 0.15) is 24.4 Å². The molecule has 2 aromatic carbocycles. The Hall–Kier alpha value is -3.05. The smallest absolute Gasteiger partial charge is 0.128 e. The number of fused-ring (bicyclic) bond motifs is 1. The minimum Gasteiger partial charge on any atom is -0.377 e. The quantitative estimate of drug-likeness (QED) is 0.465. The van der Waals surface area contributed by atoms with Gasteiger partial charge in [-0.05, 0) is 37.6 Å². The SMILES string of the molecule is Cc1ncc(-c2ccc(F)c([C@@H](C)Nc3c(Cl)cnc4ccccc34)c2)cn1. The maximum atomic E-state index is 14.6. The van der Waals surface area contributed by atoms with Crippen molar-refractivity contribution < 1.29 is 4.39 Å². The van der Waals surface area contributed by atoms with Gasteiger partial charge in [0.2, 0.25) is 0 Å². The third-order valence-corrected chi connectivity index (χ3v) is 4.95. The fourth-order valence-electron chi connectivity index (χ4n) is 3.15. The second kappa shape index (κ2) is 7.52. The van der Waals surface area contributed by atoms with Crippen LogP contribution in [-0.2, 0) is 0 Å². The Balaban J connectivity index is 1.71. The molecular formula is C22H18ClFN4. The predicted octanol–water partition coefficient (Wildman–Crippen LogP) is 5.97. The van der Waals surface area contributed by atoms with Crippen molar-refractivity contribution in [3.63, 3.8) is 0 Å². The summed E-state index contributed by atoms with van der Waals surface area (Å²) >= 11 is 6.38. The van der Waals surface area contributed by atoms with Crippen LogP contribution >= 0.6 is 11.6 Å². The van der Waals surface area contributed by atoms with Crippen molar-refractivity contribution in [2.75, 3.05) is 5.32 Å². The highest BCUT2D eigenvalue weighted by molar-refractivity contribution is 6.34. The van der Waals surface area contributed by atoms with Gasteiger partial charge in [0.1, 0.15) is 11.6 Å². The molecule has 0 radical (unpaired) electrons. The number of aryl methyl sites for hydroxylation is 1. The van der Waals surface area contributed by atoms with E-state index in [0.29, 0.717) is 16.4 Å². The maximum Gasteiger partial charge on any atom is 0.128 e. The monoisotopic (exact) mass is 392 g/mol. The number of hydrogen-bond acceptors (Lipinski definition) is 4. The molecule has 0 aliphatic rings. The average molecular weight is 393 g/mol. The first-order valence-corrected chi connectivity index (χ1v) is 9.29. The number of nitrogens with one attached hydrogen (secondary N) is 1. The second-order valence-electron chi connectivity index (χ2n) is 6.62. The summed E-state index contributed by atoms with van der Waals surface area (Å²) in [5.41, 5.74) is 3.80. The van der Waals surface area contributed by atoms with Crippen LogP contribution in [0.5, 0.6) is 0 Å². The number of pyridine rings is 1. The molecule has 0 aliphatic heterocycles. The second-order valence-corrected chi connectivity index (χ2v) is 7.03. The molecule has 0 bridgehead atoms.